The van der Waals surface area contributed by atoms with Gasteiger partial charge in [0.25, 0.3) is 5.65 Å². The van der Waals surface area contributed by atoms with Gasteiger partial charge in [-0.05, 0) is 31.2 Å². The maximum atomic E-state index is 12.8. The Labute approximate surface area is 166 Å². The fourth-order valence-electron chi connectivity index (χ4n) is 2.98. The Balaban J connectivity index is 1.74. The summed E-state index contributed by atoms with van der Waals surface area (Å²) in [7, 11) is 0. The first-order valence-corrected chi connectivity index (χ1v) is 9.02. The summed E-state index contributed by atoms with van der Waals surface area (Å²) in [6.45, 7) is 2.27. The number of carbonyl (C=O) groups is 1. The molecule has 0 amide bonds. The fourth-order valence-corrected chi connectivity index (χ4v) is 3.09. The van der Waals surface area contributed by atoms with E-state index < -0.39 is 5.97 Å². The maximum Gasteiger partial charge on any atom is 0.392 e. The second-order valence-electron chi connectivity index (χ2n) is 6.38. The highest BCUT2D eigenvalue weighted by molar-refractivity contribution is 6.29. The van der Waals surface area contributed by atoms with Crippen LogP contribution in [-0.4, -0.2) is 20.6 Å². The molecule has 4 rings (SSSR count). The third-order valence-electron chi connectivity index (χ3n) is 4.38. The van der Waals surface area contributed by atoms with Crippen molar-refractivity contribution in [3.63, 3.8) is 0 Å². The largest absolute Gasteiger partial charge is 0.474 e. The van der Waals surface area contributed by atoms with Gasteiger partial charge in [0.15, 0.2) is 0 Å². The van der Waals surface area contributed by atoms with Gasteiger partial charge < -0.3 is 9.84 Å². The van der Waals surface area contributed by atoms with Gasteiger partial charge in [-0.3, -0.25) is 0 Å². The molecule has 0 saturated carbocycles. The summed E-state index contributed by atoms with van der Waals surface area (Å²) in [5.41, 5.74) is 2.59. The van der Waals surface area contributed by atoms with Gasteiger partial charge in [0.1, 0.15) is 17.4 Å². The molecule has 0 unspecified atom stereocenters. The van der Waals surface area contributed by atoms with E-state index in [0.29, 0.717) is 23.1 Å². The number of aromatic nitrogens is 3. The van der Waals surface area contributed by atoms with Crippen LogP contribution in [0.4, 0.5) is 0 Å². The van der Waals surface area contributed by atoms with Gasteiger partial charge in [0, 0.05) is 17.8 Å². The van der Waals surface area contributed by atoms with Crippen LogP contribution in [0.5, 0.6) is 11.6 Å². The zero-order valence-electron chi connectivity index (χ0n) is 15.0. The zero-order valence-corrected chi connectivity index (χ0v) is 15.8. The van der Waals surface area contributed by atoms with Gasteiger partial charge in [0.05, 0.1) is 6.20 Å². The lowest BCUT2D eigenvalue weighted by atomic mass is 10.2. The van der Waals surface area contributed by atoms with E-state index in [2.05, 4.69) is 4.98 Å². The minimum atomic E-state index is -0.643. The van der Waals surface area contributed by atoms with Crippen molar-refractivity contribution in [1.82, 2.24) is 9.55 Å². The number of hydrogen-bond donors (Lipinski definition) is 1. The first-order valence-electron chi connectivity index (χ1n) is 8.64. The molecule has 140 valence electrons. The lowest BCUT2D eigenvalue weighted by Gasteiger charge is -2.02. The third-order valence-corrected chi connectivity index (χ3v) is 4.60. The molecule has 0 atom stereocenters. The van der Waals surface area contributed by atoms with Crippen LogP contribution in [-0.2, 0) is 6.54 Å². The number of aryl methyl sites for hydroxylation is 1. The molecule has 3 aromatic heterocycles. The number of pyridine rings is 2. The van der Waals surface area contributed by atoms with Gasteiger partial charge in [-0.2, -0.15) is 8.97 Å². The Bertz CT molecular complexity index is 1150. The van der Waals surface area contributed by atoms with Gasteiger partial charge in [-0.15, -0.1) is 0 Å². The van der Waals surface area contributed by atoms with Gasteiger partial charge >= 0.3 is 17.5 Å². The molecular weight excluding hydrogens is 378 g/mol. The Morgan fingerprint density at radius 1 is 1.18 bits per heavy atom. The highest BCUT2D eigenvalue weighted by Crippen LogP contribution is 2.22. The minimum absolute atomic E-state index is 0.0538. The first-order chi connectivity index (χ1) is 13.5. The molecule has 0 spiro atoms. The molecule has 28 heavy (non-hydrogen) atoms. The number of rotatable bonds is 4. The van der Waals surface area contributed by atoms with Crippen molar-refractivity contribution in [2.75, 3.05) is 0 Å². The molecule has 0 aliphatic heterocycles. The summed E-state index contributed by atoms with van der Waals surface area (Å²) in [6, 6.07) is 16.1. The second-order valence-corrected chi connectivity index (χ2v) is 6.77. The minimum Gasteiger partial charge on any atom is -0.474 e. The molecule has 3 heterocycles. The summed E-state index contributed by atoms with van der Waals surface area (Å²) in [5, 5.41) is 11.2. The quantitative estimate of drug-likeness (QED) is 0.249. The number of fused-ring (bicyclic) bond motifs is 1. The number of hydrogen-bond acceptors (Lipinski definition) is 4. The number of ether oxygens (including phenoxy) is 1. The Morgan fingerprint density at radius 3 is 2.68 bits per heavy atom. The summed E-state index contributed by atoms with van der Waals surface area (Å²) >= 11 is 5.84. The molecule has 1 aromatic carbocycles. The lowest BCUT2D eigenvalue weighted by molar-refractivity contribution is -0.514. The molecule has 0 aliphatic rings. The molecule has 1 N–H and O–H groups in total. The average molecular weight is 395 g/mol. The standard InChI is InChI=1S/C21H16ClN3O3/c1-14-5-8-16(9-6-14)28-21(27)19-20(26)25(18-4-2-3-11-24(18)19)13-15-7-10-17(22)23-12-15/h2-12H,13H2,1H3/p+1. The van der Waals surface area contributed by atoms with Crippen LogP contribution in [0.1, 0.15) is 21.6 Å². The normalized spacial score (nSPS) is 10.9. The van der Waals surface area contributed by atoms with E-state index in [1.54, 1.807) is 45.6 Å². The summed E-state index contributed by atoms with van der Waals surface area (Å²) in [4.78, 5) is 16.9. The first kappa shape index (κ1) is 18.0. The molecule has 0 aliphatic carbocycles. The molecule has 0 radical (unpaired) electrons. The topological polar surface area (TPSA) is 68.4 Å². The van der Waals surface area contributed by atoms with E-state index in [9.17, 15) is 9.90 Å². The number of carbonyl (C=O) groups excluding carboxylic acids is 1. The van der Waals surface area contributed by atoms with Crippen molar-refractivity contribution >= 4 is 23.2 Å². The Morgan fingerprint density at radius 2 is 1.96 bits per heavy atom. The van der Waals surface area contributed by atoms with Crippen LogP contribution < -0.4 is 9.14 Å². The summed E-state index contributed by atoms with van der Waals surface area (Å²) in [6.07, 6.45) is 3.34. The van der Waals surface area contributed by atoms with E-state index in [-0.39, 0.29) is 11.6 Å². The molecular formula is C21H17ClN3O3+. The molecule has 6 nitrogen and oxygen atoms in total. The second kappa shape index (κ2) is 7.32. The Kier molecular flexibility index (Phi) is 4.71. The molecule has 4 aromatic rings. The monoisotopic (exact) mass is 394 g/mol. The van der Waals surface area contributed by atoms with Crippen LogP contribution in [0.3, 0.4) is 0 Å². The smallest absolute Gasteiger partial charge is 0.392 e. The van der Waals surface area contributed by atoms with E-state index in [1.807, 2.05) is 37.3 Å². The predicted molar refractivity (Wildman–Crippen MR) is 104 cm³/mol. The van der Waals surface area contributed by atoms with Crippen LogP contribution in [0.2, 0.25) is 5.15 Å². The highest BCUT2D eigenvalue weighted by atomic mass is 35.5. The number of nitrogens with zero attached hydrogens (tertiary/aromatic N) is 3. The highest BCUT2D eigenvalue weighted by Gasteiger charge is 2.32. The Hall–Kier alpha value is -3.38. The fraction of sp³-hybridized carbons (Fsp3) is 0.0952. The zero-order chi connectivity index (χ0) is 19.7. The number of benzene rings is 1. The molecule has 7 heteroatoms. The lowest BCUT2D eigenvalue weighted by Crippen LogP contribution is -2.29. The number of halogens is 1. The SMILES string of the molecule is Cc1ccc(OC(=O)c2c(O)n(Cc3ccc(Cl)nc3)c3cccc[n+]23)cc1. The van der Waals surface area contributed by atoms with Crippen LogP contribution >= 0.6 is 11.6 Å². The number of aromatic hydroxyl groups is 1. The van der Waals surface area contributed by atoms with Crippen molar-refractivity contribution in [3.8, 4) is 11.6 Å². The average Bonchev–Trinajstić information content (AvgIpc) is 2.97. The van der Waals surface area contributed by atoms with Gasteiger partial charge in [0.2, 0.25) is 0 Å². The molecule has 0 saturated heterocycles. The summed E-state index contributed by atoms with van der Waals surface area (Å²) < 4.78 is 8.69. The van der Waals surface area contributed by atoms with Crippen molar-refractivity contribution < 1.29 is 19.0 Å². The predicted octanol–water partition coefficient (Wildman–Crippen LogP) is 3.56. The van der Waals surface area contributed by atoms with E-state index in [0.717, 1.165) is 11.1 Å². The maximum absolute atomic E-state index is 12.8. The van der Waals surface area contributed by atoms with Crippen molar-refractivity contribution in [3.05, 3.63) is 89.0 Å². The van der Waals surface area contributed by atoms with Crippen LogP contribution in [0, 0.1) is 6.92 Å². The third kappa shape index (κ3) is 3.42. The van der Waals surface area contributed by atoms with E-state index >= 15 is 0 Å². The van der Waals surface area contributed by atoms with Crippen molar-refractivity contribution in [1.29, 1.82) is 0 Å². The van der Waals surface area contributed by atoms with Crippen molar-refractivity contribution in [2.24, 2.45) is 0 Å². The van der Waals surface area contributed by atoms with Gasteiger partial charge in [-0.1, -0.05) is 41.4 Å². The van der Waals surface area contributed by atoms with Crippen LogP contribution in [0.15, 0.2) is 67.0 Å². The van der Waals surface area contributed by atoms with E-state index in [1.165, 1.54) is 0 Å². The number of imidazole rings is 1. The number of esters is 1. The van der Waals surface area contributed by atoms with Crippen LogP contribution in [0.25, 0.3) is 5.65 Å². The molecule has 0 fully saturated rings. The van der Waals surface area contributed by atoms with E-state index in [4.69, 9.17) is 16.3 Å². The summed E-state index contributed by atoms with van der Waals surface area (Å²) in [5.74, 6) is -0.414. The van der Waals surface area contributed by atoms with Gasteiger partial charge in [-0.25, -0.2) is 9.78 Å². The van der Waals surface area contributed by atoms with Crippen molar-refractivity contribution in [2.45, 2.75) is 13.5 Å². The molecule has 0 bridgehead atoms.